The van der Waals surface area contributed by atoms with Crippen LogP contribution in [0.4, 0.5) is 4.39 Å². The summed E-state index contributed by atoms with van der Waals surface area (Å²) in [5.74, 6) is -0.0525. The number of pyridine rings is 1. The second-order valence-electron chi connectivity index (χ2n) is 11.8. The number of aromatic amines is 1. The fourth-order valence-corrected chi connectivity index (χ4v) is 7.19. The molecule has 4 saturated heterocycles. The number of para-hydroxylation sites is 1. The van der Waals surface area contributed by atoms with Gasteiger partial charge in [-0.05, 0) is 48.9 Å². The van der Waals surface area contributed by atoms with Gasteiger partial charge in [-0.25, -0.2) is 9.48 Å². The molecule has 230 valence electrons. The normalized spacial score (nSPS) is 28.8. The molecule has 13 heteroatoms. The monoisotopic (exact) mass is 603 g/mol. The zero-order valence-corrected chi connectivity index (χ0v) is 24.0. The van der Waals surface area contributed by atoms with Crippen molar-refractivity contribution in [2.24, 2.45) is 11.8 Å². The van der Waals surface area contributed by atoms with Crippen LogP contribution in [0.2, 0.25) is 0 Å². The minimum absolute atomic E-state index is 0.185. The van der Waals surface area contributed by atoms with Crippen LogP contribution in [0.1, 0.15) is 48.9 Å². The van der Waals surface area contributed by atoms with E-state index in [0.717, 1.165) is 53.2 Å². The van der Waals surface area contributed by atoms with Gasteiger partial charge < -0.3 is 14.6 Å². The van der Waals surface area contributed by atoms with Crippen LogP contribution < -0.4 is 11.2 Å². The quantitative estimate of drug-likeness (QED) is 0.276. The lowest BCUT2D eigenvalue weighted by molar-refractivity contribution is -0.0809. The van der Waals surface area contributed by atoms with Gasteiger partial charge in [0.25, 0.3) is 5.56 Å². The molecule has 7 heterocycles. The lowest BCUT2D eigenvalue weighted by Crippen LogP contribution is -2.55. The van der Waals surface area contributed by atoms with Crippen LogP contribution in [0.3, 0.4) is 0 Å². The maximum atomic E-state index is 13.9. The molecule has 4 aliphatic rings. The molecule has 1 aromatic carbocycles. The zero-order valence-electron chi connectivity index (χ0n) is 24.0. The third-order valence-electron chi connectivity index (χ3n) is 9.42. The minimum Gasteiger partial charge on any atom is -0.394 e. The third kappa shape index (κ3) is 5.19. The highest BCUT2D eigenvalue weighted by Gasteiger charge is 2.43. The van der Waals surface area contributed by atoms with E-state index in [0.29, 0.717) is 17.5 Å². The Morgan fingerprint density at radius 2 is 2.09 bits per heavy atom. The third-order valence-corrected chi connectivity index (χ3v) is 9.42. The minimum atomic E-state index is -1.10. The summed E-state index contributed by atoms with van der Waals surface area (Å²) in [5, 5.41) is 19.7. The van der Waals surface area contributed by atoms with Crippen LogP contribution in [0.25, 0.3) is 10.9 Å². The van der Waals surface area contributed by atoms with Crippen molar-refractivity contribution in [1.29, 1.82) is 0 Å². The Morgan fingerprint density at radius 1 is 1.23 bits per heavy atom. The standard InChI is InChI=1S/C31H34FN7O5/c1-2-18-13-37-10-8-19(18)11-26(37)29(22-7-9-33-24-6-4-3-5-21(22)24)43-17-20-14-39(36-35-20)25-12-28(44-27(25)16-40)38-15-23(32)30(41)34-31(38)42/h2-7,9,14-15,18-19,25-29,40H,1,8,10-13,16-17H2,(H,34,41,42)/t18?,19?,25?,26-,27?,28?,29?/m1/s1. The molecule has 12 nitrogen and oxygen atoms in total. The molecule has 8 rings (SSSR count). The van der Waals surface area contributed by atoms with Gasteiger partial charge in [0.1, 0.15) is 18.0 Å². The van der Waals surface area contributed by atoms with Crippen molar-refractivity contribution >= 4 is 10.9 Å². The molecule has 4 fully saturated rings. The van der Waals surface area contributed by atoms with Gasteiger partial charge in [0.05, 0.1) is 43.3 Å². The van der Waals surface area contributed by atoms with Gasteiger partial charge in [-0.15, -0.1) is 11.7 Å². The van der Waals surface area contributed by atoms with Crippen LogP contribution in [-0.4, -0.2) is 71.4 Å². The van der Waals surface area contributed by atoms with Crippen molar-refractivity contribution < 1.29 is 19.0 Å². The maximum Gasteiger partial charge on any atom is 0.330 e. The molecule has 44 heavy (non-hydrogen) atoms. The topological polar surface area (TPSA) is 140 Å². The number of hydrogen-bond acceptors (Lipinski definition) is 9. The molecule has 3 aromatic heterocycles. The number of aliphatic hydroxyl groups is 1. The Hall–Kier alpha value is -4.04. The molecule has 0 amide bonds. The Bertz CT molecular complexity index is 1780. The van der Waals surface area contributed by atoms with E-state index < -0.39 is 35.4 Å². The van der Waals surface area contributed by atoms with Crippen molar-refractivity contribution in [2.75, 3.05) is 19.7 Å². The highest BCUT2D eigenvalue weighted by Crippen LogP contribution is 2.43. The highest BCUT2D eigenvalue weighted by molar-refractivity contribution is 5.82. The van der Waals surface area contributed by atoms with Crippen LogP contribution in [-0.2, 0) is 16.1 Å². The molecule has 7 unspecified atom stereocenters. The summed E-state index contributed by atoms with van der Waals surface area (Å²) >= 11 is 0. The number of benzene rings is 1. The number of nitrogens with zero attached hydrogens (tertiary/aromatic N) is 6. The average molecular weight is 604 g/mol. The van der Waals surface area contributed by atoms with Crippen molar-refractivity contribution in [3.63, 3.8) is 0 Å². The second kappa shape index (κ2) is 11.8. The number of fused-ring (bicyclic) bond motifs is 4. The maximum absolute atomic E-state index is 13.9. The van der Waals surface area contributed by atoms with Crippen LogP contribution in [0.5, 0.6) is 0 Å². The summed E-state index contributed by atoms with van der Waals surface area (Å²) in [5.41, 5.74) is 0.698. The summed E-state index contributed by atoms with van der Waals surface area (Å²) in [4.78, 5) is 32.8. The fraction of sp³-hybridized carbons (Fsp3) is 0.452. The number of hydrogen-bond donors (Lipinski definition) is 2. The molecule has 8 atom stereocenters. The van der Waals surface area contributed by atoms with E-state index in [9.17, 15) is 19.1 Å². The van der Waals surface area contributed by atoms with Crippen LogP contribution >= 0.6 is 0 Å². The number of piperidine rings is 3. The summed E-state index contributed by atoms with van der Waals surface area (Å²) in [6.45, 7) is 5.91. The van der Waals surface area contributed by atoms with Gasteiger partial charge in [0.2, 0.25) is 5.82 Å². The molecule has 0 radical (unpaired) electrons. The number of nitrogens with one attached hydrogen (secondary N) is 1. The van der Waals surface area contributed by atoms with E-state index in [2.05, 4.69) is 38.9 Å². The van der Waals surface area contributed by atoms with Crippen LogP contribution in [0.15, 0.2) is 71.2 Å². The number of rotatable bonds is 9. The van der Waals surface area contributed by atoms with Gasteiger partial charge in [0, 0.05) is 30.6 Å². The van der Waals surface area contributed by atoms with E-state index in [-0.39, 0.29) is 31.8 Å². The Morgan fingerprint density at radius 3 is 2.89 bits per heavy atom. The predicted octanol–water partition coefficient (Wildman–Crippen LogP) is 2.49. The predicted molar refractivity (Wildman–Crippen MR) is 157 cm³/mol. The molecular formula is C31H34FN7O5. The number of aliphatic hydroxyl groups excluding tert-OH is 1. The molecule has 0 aliphatic carbocycles. The number of ether oxygens (including phenoxy) is 2. The summed E-state index contributed by atoms with van der Waals surface area (Å²) in [7, 11) is 0. The number of H-pyrrole nitrogens is 1. The molecule has 2 bridgehead atoms. The lowest BCUT2D eigenvalue weighted by Gasteiger charge is -2.51. The first-order valence-electron chi connectivity index (χ1n) is 14.9. The summed E-state index contributed by atoms with van der Waals surface area (Å²) in [6.07, 6.45) is 6.99. The summed E-state index contributed by atoms with van der Waals surface area (Å²) < 4.78 is 29.1. The van der Waals surface area contributed by atoms with Crippen molar-refractivity contribution in [2.45, 2.75) is 56.4 Å². The SMILES string of the molecule is C=CC1CN2CCC1C[C@@H]2C(OCc1cn(C2CC(n3cc(F)c(=O)[nH]c3=O)OC2CO)nn1)c1ccnc2ccccc12. The van der Waals surface area contributed by atoms with E-state index in [1.54, 1.807) is 10.9 Å². The molecule has 4 aromatic rings. The van der Waals surface area contributed by atoms with Gasteiger partial charge in [-0.1, -0.05) is 29.5 Å². The van der Waals surface area contributed by atoms with E-state index in [1.165, 1.54) is 0 Å². The van der Waals surface area contributed by atoms with Gasteiger partial charge in [-0.2, -0.15) is 4.39 Å². The van der Waals surface area contributed by atoms with Crippen LogP contribution in [0, 0.1) is 17.7 Å². The van der Waals surface area contributed by atoms with E-state index in [4.69, 9.17) is 9.47 Å². The van der Waals surface area contributed by atoms with Crippen molar-refractivity contribution in [1.82, 2.24) is 34.4 Å². The Labute approximate surface area is 251 Å². The van der Waals surface area contributed by atoms with E-state index in [1.807, 2.05) is 35.4 Å². The molecule has 0 spiro atoms. The van der Waals surface area contributed by atoms with Gasteiger partial charge in [0.15, 0.2) is 0 Å². The molecule has 2 N–H and O–H groups in total. The Balaban J connectivity index is 1.13. The first-order chi connectivity index (χ1) is 21.4. The number of aromatic nitrogens is 6. The number of halogens is 1. The zero-order chi connectivity index (χ0) is 30.4. The van der Waals surface area contributed by atoms with E-state index >= 15 is 0 Å². The molecule has 4 aliphatic heterocycles. The largest absolute Gasteiger partial charge is 0.394 e. The Kier molecular flexibility index (Phi) is 7.70. The van der Waals surface area contributed by atoms with Gasteiger partial charge in [-0.3, -0.25) is 24.2 Å². The smallest absolute Gasteiger partial charge is 0.330 e. The summed E-state index contributed by atoms with van der Waals surface area (Å²) in [6, 6.07) is 9.83. The lowest BCUT2D eigenvalue weighted by atomic mass is 9.73. The first kappa shape index (κ1) is 28.7. The molecule has 0 saturated carbocycles. The second-order valence-corrected chi connectivity index (χ2v) is 11.8. The average Bonchev–Trinajstić information content (AvgIpc) is 3.70. The fourth-order valence-electron chi connectivity index (χ4n) is 7.19. The van der Waals surface area contributed by atoms with Gasteiger partial charge >= 0.3 is 5.69 Å². The molecular weight excluding hydrogens is 569 g/mol. The van der Waals surface area contributed by atoms with Crippen molar-refractivity contribution in [3.8, 4) is 0 Å². The first-order valence-corrected chi connectivity index (χ1v) is 14.9. The van der Waals surface area contributed by atoms with Crippen molar-refractivity contribution in [3.05, 3.63) is 99.5 Å². The highest BCUT2D eigenvalue weighted by atomic mass is 19.1.